The number of carboxylic acids is 1. The van der Waals surface area contributed by atoms with Crippen molar-refractivity contribution < 1.29 is 14.3 Å². The molecule has 0 aliphatic carbocycles. The minimum Gasteiger partial charge on any atom is -0.481 e. The summed E-state index contributed by atoms with van der Waals surface area (Å²) in [5.74, 6) is 0.0458. The molecule has 2 aliphatic heterocycles. The van der Waals surface area contributed by atoms with Crippen molar-refractivity contribution in [1.82, 2.24) is 19.6 Å². The van der Waals surface area contributed by atoms with Crippen LogP contribution in [0.4, 0.5) is 4.39 Å². The number of aromatic nitrogens is 2. The van der Waals surface area contributed by atoms with Crippen molar-refractivity contribution in [3.05, 3.63) is 89.0 Å². The van der Waals surface area contributed by atoms with Gasteiger partial charge in [0.15, 0.2) is 0 Å². The molecule has 1 N–H and O–H groups in total. The first-order chi connectivity index (χ1) is 19.2. The van der Waals surface area contributed by atoms with Gasteiger partial charge in [-0.3, -0.25) is 9.48 Å². The summed E-state index contributed by atoms with van der Waals surface area (Å²) in [6.45, 7) is 11.7. The average molecular weight is 547 g/mol. The zero-order chi connectivity index (χ0) is 28.3. The van der Waals surface area contributed by atoms with Gasteiger partial charge in [0.2, 0.25) is 0 Å². The molecule has 3 aromatic rings. The number of carbonyl (C=O) groups is 1. The Hall–Kier alpha value is -3.03. The minimum atomic E-state index is -0.818. The molecule has 0 amide bonds. The van der Waals surface area contributed by atoms with Gasteiger partial charge in [0.05, 0.1) is 11.1 Å². The normalized spacial score (nSPS) is 21.2. The van der Waals surface area contributed by atoms with Crippen LogP contribution in [0, 0.1) is 17.2 Å². The van der Waals surface area contributed by atoms with E-state index in [9.17, 15) is 14.3 Å². The molecule has 0 unspecified atom stereocenters. The summed E-state index contributed by atoms with van der Waals surface area (Å²) >= 11 is 0. The molecule has 2 aromatic carbocycles. The van der Waals surface area contributed by atoms with Crippen LogP contribution in [0.2, 0.25) is 0 Å². The fourth-order valence-electron chi connectivity index (χ4n) is 6.72. The van der Waals surface area contributed by atoms with Crippen LogP contribution >= 0.6 is 0 Å². The number of likely N-dealkylation sites (tertiary alicyclic amines) is 2. The lowest BCUT2D eigenvalue weighted by Gasteiger charge is -2.35. The van der Waals surface area contributed by atoms with E-state index in [2.05, 4.69) is 51.7 Å². The molecule has 2 aliphatic rings. The number of hydrogen-bond acceptors (Lipinski definition) is 4. The number of hydrogen-bond donors (Lipinski definition) is 1. The predicted octanol–water partition coefficient (Wildman–Crippen LogP) is 5.64. The van der Waals surface area contributed by atoms with E-state index in [1.165, 1.54) is 17.3 Å². The Balaban J connectivity index is 1.24. The van der Waals surface area contributed by atoms with Crippen LogP contribution in [0.1, 0.15) is 68.0 Å². The fourth-order valence-corrected chi connectivity index (χ4v) is 6.72. The molecule has 2 fully saturated rings. The fraction of sp³-hybridized carbons (Fsp3) is 0.515. The van der Waals surface area contributed by atoms with Gasteiger partial charge in [-0.1, -0.05) is 42.5 Å². The van der Waals surface area contributed by atoms with Gasteiger partial charge in [0.1, 0.15) is 5.82 Å². The quantitative estimate of drug-likeness (QED) is 0.357. The van der Waals surface area contributed by atoms with E-state index >= 15 is 0 Å². The lowest BCUT2D eigenvalue weighted by atomic mass is 9.87. The van der Waals surface area contributed by atoms with E-state index in [0.29, 0.717) is 18.4 Å². The Labute approximate surface area is 237 Å². The molecule has 5 rings (SSSR count). The van der Waals surface area contributed by atoms with Crippen molar-refractivity contribution in [1.29, 1.82) is 0 Å². The number of rotatable bonds is 10. The van der Waals surface area contributed by atoms with Crippen LogP contribution in [-0.4, -0.2) is 69.9 Å². The second-order valence-corrected chi connectivity index (χ2v) is 12.4. The summed E-state index contributed by atoms with van der Waals surface area (Å²) in [4.78, 5) is 16.6. The molecule has 3 heterocycles. The summed E-state index contributed by atoms with van der Waals surface area (Å²) < 4.78 is 16.4. The Morgan fingerprint density at radius 3 is 2.45 bits per heavy atom. The van der Waals surface area contributed by atoms with Crippen molar-refractivity contribution in [2.45, 2.75) is 58.4 Å². The lowest BCUT2D eigenvalue weighted by molar-refractivity contribution is -0.147. The zero-order valence-corrected chi connectivity index (χ0v) is 24.1. The number of benzene rings is 2. The third-order valence-corrected chi connectivity index (χ3v) is 8.88. The maximum absolute atomic E-state index is 14.2. The van der Waals surface area contributed by atoms with E-state index in [-0.39, 0.29) is 11.7 Å². The predicted molar refractivity (Wildman–Crippen MR) is 156 cm³/mol. The van der Waals surface area contributed by atoms with E-state index in [1.807, 2.05) is 12.1 Å². The van der Waals surface area contributed by atoms with Crippen LogP contribution in [0.5, 0.6) is 0 Å². The largest absolute Gasteiger partial charge is 0.481 e. The summed E-state index contributed by atoms with van der Waals surface area (Å²) in [7, 11) is 0. The van der Waals surface area contributed by atoms with Gasteiger partial charge in [0.25, 0.3) is 0 Å². The smallest absolute Gasteiger partial charge is 0.310 e. The zero-order valence-electron chi connectivity index (χ0n) is 24.1. The average Bonchev–Trinajstić information content (AvgIpc) is 3.52. The van der Waals surface area contributed by atoms with Gasteiger partial charge in [-0.05, 0) is 81.9 Å². The van der Waals surface area contributed by atoms with Crippen molar-refractivity contribution in [3.63, 3.8) is 0 Å². The molecule has 0 saturated carbocycles. The number of aryl methyl sites for hydroxylation is 1. The Kier molecular flexibility index (Phi) is 8.71. The maximum Gasteiger partial charge on any atom is 0.310 e. The van der Waals surface area contributed by atoms with Crippen molar-refractivity contribution in [2.75, 3.05) is 39.3 Å². The second kappa shape index (κ2) is 12.2. The van der Waals surface area contributed by atoms with Gasteiger partial charge in [-0.25, -0.2) is 4.39 Å². The molecule has 6 nitrogen and oxygen atoms in total. The summed E-state index contributed by atoms with van der Waals surface area (Å²) in [6.07, 6.45) is 3.06. The first kappa shape index (κ1) is 28.5. The van der Waals surface area contributed by atoms with Crippen LogP contribution < -0.4 is 0 Å². The Morgan fingerprint density at radius 2 is 1.77 bits per heavy atom. The van der Waals surface area contributed by atoms with Gasteiger partial charge in [-0.2, -0.15) is 5.10 Å². The summed E-state index contributed by atoms with van der Waals surface area (Å²) in [5, 5.41) is 14.6. The monoisotopic (exact) mass is 546 g/mol. The van der Waals surface area contributed by atoms with Crippen LogP contribution in [0.25, 0.3) is 0 Å². The highest BCUT2D eigenvalue weighted by molar-refractivity contribution is 5.73. The molecule has 7 heteroatoms. The summed E-state index contributed by atoms with van der Waals surface area (Å²) in [6, 6.07) is 19.8. The third kappa shape index (κ3) is 6.64. The minimum absolute atomic E-state index is 0.195. The number of aliphatic carboxylic acids is 1. The van der Waals surface area contributed by atoms with E-state index in [4.69, 9.17) is 5.10 Å². The van der Waals surface area contributed by atoms with E-state index in [0.717, 1.165) is 69.8 Å². The van der Waals surface area contributed by atoms with Crippen LogP contribution in [0.15, 0.2) is 60.7 Å². The lowest BCUT2D eigenvalue weighted by Crippen LogP contribution is -2.40. The Bertz CT molecular complexity index is 1280. The first-order valence-electron chi connectivity index (χ1n) is 14.8. The highest BCUT2D eigenvalue weighted by atomic mass is 19.1. The highest BCUT2D eigenvalue weighted by Gasteiger charge is 2.39. The van der Waals surface area contributed by atoms with E-state index < -0.39 is 11.4 Å². The topological polar surface area (TPSA) is 61.6 Å². The highest BCUT2D eigenvalue weighted by Crippen LogP contribution is 2.37. The summed E-state index contributed by atoms with van der Waals surface area (Å²) in [5.41, 5.74) is 3.98. The van der Waals surface area contributed by atoms with Crippen LogP contribution in [0.3, 0.4) is 0 Å². The molecular formula is C33H43FN4O2. The molecule has 2 saturated heterocycles. The van der Waals surface area contributed by atoms with Crippen molar-refractivity contribution in [2.24, 2.45) is 11.3 Å². The van der Waals surface area contributed by atoms with Gasteiger partial charge in [-0.15, -0.1) is 0 Å². The van der Waals surface area contributed by atoms with Crippen molar-refractivity contribution >= 4 is 5.97 Å². The maximum atomic E-state index is 14.2. The van der Waals surface area contributed by atoms with E-state index in [1.54, 1.807) is 26.0 Å². The number of carboxylic acid groups (broad SMARTS) is 1. The van der Waals surface area contributed by atoms with Gasteiger partial charge < -0.3 is 14.9 Å². The van der Waals surface area contributed by atoms with Crippen molar-refractivity contribution in [3.8, 4) is 0 Å². The first-order valence-corrected chi connectivity index (χ1v) is 14.8. The van der Waals surface area contributed by atoms with Crippen LogP contribution in [-0.2, 0) is 17.8 Å². The molecule has 0 bridgehead atoms. The number of piperidine rings is 1. The molecule has 40 heavy (non-hydrogen) atoms. The molecule has 214 valence electrons. The van der Waals surface area contributed by atoms with Gasteiger partial charge in [0, 0.05) is 56.7 Å². The standard InChI is InChI=1S/C33H43FN4O2/c1-4-38-31(19-29(35-38)17-24-9-6-5-7-10-24)25-13-15-36(16-14-25)20-27-21-37(23-33(2,3)32(39)40)22-30(27)26-11-8-12-28(34)18-26/h5-12,18-19,25,27,30H,4,13-17,20-23H2,1-3H3,(H,39,40)/t27-,30-/m1/s1. The van der Waals surface area contributed by atoms with Gasteiger partial charge >= 0.3 is 5.97 Å². The molecule has 0 spiro atoms. The molecule has 2 atom stereocenters. The molecular weight excluding hydrogens is 503 g/mol. The third-order valence-electron chi connectivity index (χ3n) is 8.88. The number of halogens is 1. The number of nitrogens with zero attached hydrogens (tertiary/aromatic N) is 4. The molecule has 1 aromatic heterocycles. The second-order valence-electron chi connectivity index (χ2n) is 12.4. The SMILES string of the molecule is CCn1nc(Cc2ccccc2)cc1C1CCN(C[C@@H]2CN(CC(C)(C)C(=O)O)C[C@@H]2c2cccc(F)c2)CC1. The Morgan fingerprint density at radius 1 is 1.02 bits per heavy atom. The molecule has 0 radical (unpaired) electrons.